The zero-order valence-corrected chi connectivity index (χ0v) is 20.5. The maximum absolute atomic E-state index is 13.7. The summed E-state index contributed by atoms with van der Waals surface area (Å²) in [5.41, 5.74) is 1.73. The fraction of sp³-hybridized carbons (Fsp3) is 0.357. The maximum Gasteiger partial charge on any atom is 0.254 e. The zero-order chi connectivity index (χ0) is 24.0. The molecule has 5 rings (SSSR count). The van der Waals surface area contributed by atoms with Crippen molar-refractivity contribution in [3.05, 3.63) is 88.1 Å². The van der Waals surface area contributed by atoms with Crippen molar-refractivity contribution in [2.75, 3.05) is 32.8 Å². The Kier molecular flexibility index (Phi) is 7.45. The van der Waals surface area contributed by atoms with Gasteiger partial charge in [0.2, 0.25) is 5.91 Å². The molecule has 0 radical (unpaired) electrons. The van der Waals surface area contributed by atoms with Crippen LogP contribution < -0.4 is 4.74 Å². The first-order chi connectivity index (χ1) is 17.2. The lowest BCUT2D eigenvalue weighted by molar-refractivity contribution is -0.135. The van der Waals surface area contributed by atoms with Gasteiger partial charge in [0.25, 0.3) is 5.91 Å². The molecular formula is C28H30N2O4S. The number of hydrogen-bond donors (Lipinski definition) is 0. The molecule has 6 nitrogen and oxygen atoms in total. The highest BCUT2D eigenvalue weighted by molar-refractivity contribution is 7.10. The van der Waals surface area contributed by atoms with E-state index < -0.39 is 0 Å². The van der Waals surface area contributed by atoms with E-state index in [1.807, 2.05) is 53.4 Å². The number of hydrogen-bond acceptors (Lipinski definition) is 5. The largest absolute Gasteiger partial charge is 0.491 e. The molecule has 35 heavy (non-hydrogen) atoms. The van der Waals surface area contributed by atoms with Gasteiger partial charge in [0, 0.05) is 30.1 Å². The Balaban J connectivity index is 1.34. The third-order valence-corrected chi connectivity index (χ3v) is 7.64. The first-order valence-electron chi connectivity index (χ1n) is 12.2. The second-order valence-electron chi connectivity index (χ2n) is 8.96. The Bertz CT molecular complexity index is 1130. The number of carbonyl (C=O) groups excluding carboxylic acids is 2. The maximum atomic E-state index is 13.7. The molecule has 2 aliphatic rings. The summed E-state index contributed by atoms with van der Waals surface area (Å²) in [6, 6.07) is 20.7. The first-order valence-corrected chi connectivity index (χ1v) is 13.1. The number of carbonyl (C=O) groups is 2. The number of para-hydroxylation sites is 1. The second kappa shape index (κ2) is 11.1. The van der Waals surface area contributed by atoms with Crippen molar-refractivity contribution in [2.45, 2.75) is 31.4 Å². The van der Waals surface area contributed by atoms with Gasteiger partial charge in [0.15, 0.2) is 0 Å². The second-order valence-corrected chi connectivity index (χ2v) is 9.96. The number of amides is 2. The van der Waals surface area contributed by atoms with Crippen LogP contribution in [0.2, 0.25) is 0 Å². The highest BCUT2D eigenvalue weighted by Gasteiger charge is 2.34. The average molecular weight is 491 g/mol. The summed E-state index contributed by atoms with van der Waals surface area (Å²) >= 11 is 1.73. The molecule has 0 bridgehead atoms. The molecule has 2 aromatic carbocycles. The van der Waals surface area contributed by atoms with Crippen molar-refractivity contribution < 1.29 is 19.1 Å². The van der Waals surface area contributed by atoms with Crippen LogP contribution in [-0.2, 0) is 16.0 Å². The fourth-order valence-electron chi connectivity index (χ4n) is 4.84. The van der Waals surface area contributed by atoms with Crippen LogP contribution >= 0.6 is 11.3 Å². The number of ether oxygens (including phenoxy) is 2. The van der Waals surface area contributed by atoms with Crippen LogP contribution in [0.4, 0.5) is 0 Å². The lowest BCUT2D eigenvalue weighted by Crippen LogP contribution is -2.49. The molecule has 0 spiro atoms. The molecule has 3 aromatic rings. The van der Waals surface area contributed by atoms with Gasteiger partial charge in [-0.2, -0.15) is 0 Å². The average Bonchev–Trinajstić information content (AvgIpc) is 3.60. The molecule has 1 aromatic heterocycles. The van der Waals surface area contributed by atoms with Crippen molar-refractivity contribution in [3.63, 3.8) is 0 Å². The number of fused-ring (bicyclic) bond motifs is 1. The van der Waals surface area contributed by atoms with Crippen molar-refractivity contribution in [3.8, 4) is 5.75 Å². The number of nitrogens with zero attached hydrogens (tertiary/aromatic N) is 2. The van der Waals surface area contributed by atoms with E-state index in [-0.39, 0.29) is 30.5 Å². The van der Waals surface area contributed by atoms with Gasteiger partial charge >= 0.3 is 0 Å². The summed E-state index contributed by atoms with van der Waals surface area (Å²) in [5.74, 6) is 0.576. The Morgan fingerprint density at radius 2 is 1.83 bits per heavy atom. The van der Waals surface area contributed by atoms with Gasteiger partial charge in [-0.25, -0.2) is 0 Å². The van der Waals surface area contributed by atoms with Crippen LogP contribution in [0, 0.1) is 0 Å². The highest BCUT2D eigenvalue weighted by Crippen LogP contribution is 2.34. The third-order valence-electron chi connectivity index (χ3n) is 6.65. The molecule has 2 atom stereocenters. The van der Waals surface area contributed by atoms with Crippen LogP contribution in [-0.4, -0.2) is 60.6 Å². The molecule has 2 aliphatic heterocycles. The van der Waals surface area contributed by atoms with Crippen molar-refractivity contribution in [2.24, 2.45) is 0 Å². The summed E-state index contributed by atoms with van der Waals surface area (Å²) in [4.78, 5) is 31.9. The quantitative estimate of drug-likeness (QED) is 0.464. The normalized spacial score (nSPS) is 19.3. The molecule has 7 heteroatoms. The SMILES string of the molecule is O=C(c1ccccc1)N(CC(=O)N1CCc2sccc2[C@@H]1COc1ccccc1)C[C@@H]1CCCO1. The molecule has 1 saturated heterocycles. The number of benzene rings is 2. The molecule has 0 N–H and O–H groups in total. The van der Waals surface area contributed by atoms with E-state index in [1.54, 1.807) is 28.4 Å². The Hall–Kier alpha value is -3.16. The fourth-order valence-corrected chi connectivity index (χ4v) is 5.77. The van der Waals surface area contributed by atoms with E-state index >= 15 is 0 Å². The predicted molar refractivity (Wildman–Crippen MR) is 136 cm³/mol. The Morgan fingerprint density at radius 1 is 1.06 bits per heavy atom. The minimum Gasteiger partial charge on any atom is -0.491 e. The van der Waals surface area contributed by atoms with E-state index in [2.05, 4.69) is 11.4 Å². The lowest BCUT2D eigenvalue weighted by Gasteiger charge is -2.37. The molecule has 0 aliphatic carbocycles. The van der Waals surface area contributed by atoms with Crippen LogP contribution in [0.15, 0.2) is 72.1 Å². The van der Waals surface area contributed by atoms with Crippen LogP contribution in [0.1, 0.15) is 39.7 Å². The lowest BCUT2D eigenvalue weighted by atomic mass is 10.00. The predicted octanol–water partition coefficient (Wildman–Crippen LogP) is 4.57. The molecule has 182 valence electrons. The Morgan fingerprint density at radius 3 is 2.57 bits per heavy atom. The van der Waals surface area contributed by atoms with E-state index in [4.69, 9.17) is 9.47 Å². The zero-order valence-electron chi connectivity index (χ0n) is 19.7. The molecule has 0 saturated carbocycles. The molecule has 2 amide bonds. The molecular weight excluding hydrogens is 460 g/mol. The van der Waals surface area contributed by atoms with Gasteiger partial charge in [-0.15, -0.1) is 11.3 Å². The van der Waals surface area contributed by atoms with Crippen LogP contribution in [0.25, 0.3) is 0 Å². The standard InChI is InChI=1S/C28H30N2O4S/c31-27(19-29(18-23-12-7-16-33-23)28(32)21-8-3-1-4-9-21)30-15-13-26-24(14-17-35-26)25(30)20-34-22-10-5-2-6-11-22/h1-6,8-11,14,17,23,25H,7,12-13,15-16,18-20H2/t23-,25-/m0/s1. The van der Waals surface area contributed by atoms with E-state index in [0.29, 0.717) is 31.9 Å². The van der Waals surface area contributed by atoms with Gasteiger partial charge in [-0.1, -0.05) is 36.4 Å². The molecule has 3 heterocycles. The van der Waals surface area contributed by atoms with Crippen LogP contribution in [0.5, 0.6) is 5.75 Å². The van der Waals surface area contributed by atoms with Crippen molar-refractivity contribution in [1.29, 1.82) is 0 Å². The van der Waals surface area contributed by atoms with E-state index in [1.165, 1.54) is 4.88 Å². The van der Waals surface area contributed by atoms with Crippen molar-refractivity contribution >= 4 is 23.2 Å². The summed E-state index contributed by atoms with van der Waals surface area (Å²) in [5, 5.41) is 2.08. The van der Waals surface area contributed by atoms with Gasteiger partial charge in [-0.05, 0) is 60.5 Å². The highest BCUT2D eigenvalue weighted by atomic mass is 32.1. The van der Waals surface area contributed by atoms with E-state index in [0.717, 1.165) is 30.6 Å². The van der Waals surface area contributed by atoms with Gasteiger partial charge in [-0.3, -0.25) is 9.59 Å². The minimum absolute atomic E-state index is 0.0227. The topological polar surface area (TPSA) is 59.1 Å². The van der Waals surface area contributed by atoms with Crippen molar-refractivity contribution in [1.82, 2.24) is 9.80 Å². The Labute approximate surface area is 210 Å². The third kappa shape index (κ3) is 5.57. The smallest absolute Gasteiger partial charge is 0.254 e. The summed E-state index contributed by atoms with van der Waals surface area (Å²) in [7, 11) is 0. The minimum atomic E-state index is -0.186. The number of rotatable bonds is 8. The summed E-state index contributed by atoms with van der Waals surface area (Å²) in [6.45, 7) is 2.13. The van der Waals surface area contributed by atoms with Crippen LogP contribution in [0.3, 0.4) is 0 Å². The summed E-state index contributed by atoms with van der Waals surface area (Å²) in [6.07, 6.45) is 2.68. The first kappa shape index (κ1) is 23.6. The number of thiophene rings is 1. The van der Waals surface area contributed by atoms with Gasteiger partial charge < -0.3 is 19.3 Å². The monoisotopic (exact) mass is 490 g/mol. The van der Waals surface area contributed by atoms with Gasteiger partial charge in [0.05, 0.1) is 12.1 Å². The molecule has 1 fully saturated rings. The van der Waals surface area contributed by atoms with Gasteiger partial charge in [0.1, 0.15) is 18.9 Å². The van der Waals surface area contributed by atoms with E-state index in [9.17, 15) is 9.59 Å². The molecule has 0 unspecified atom stereocenters. The summed E-state index contributed by atoms with van der Waals surface area (Å²) < 4.78 is 11.9.